The lowest BCUT2D eigenvalue weighted by Gasteiger charge is -2.34. The monoisotopic (exact) mass is 499 g/mol. The standard InChI is InChI=1S/C22H24ClF2N3O4S/c1-15(19-7-4-17(24)14-20(19)25)26-21(29)8-9-22(30)27-10-12-28(13-11-27)33(31,32)18-5-2-16(23)3-6-18/h2-7,14-15H,8-13H2,1H3,(H,26,29)/t15-/m0/s1. The Morgan fingerprint density at radius 3 is 2.27 bits per heavy atom. The van der Waals surface area contributed by atoms with E-state index in [4.69, 9.17) is 11.6 Å². The molecule has 1 heterocycles. The first-order chi connectivity index (χ1) is 15.6. The van der Waals surface area contributed by atoms with Crippen molar-refractivity contribution in [2.45, 2.75) is 30.7 Å². The summed E-state index contributed by atoms with van der Waals surface area (Å²) in [5.41, 5.74) is 0.147. The van der Waals surface area contributed by atoms with E-state index >= 15 is 0 Å². The molecule has 0 aliphatic carbocycles. The molecule has 1 N–H and O–H groups in total. The minimum Gasteiger partial charge on any atom is -0.349 e. The van der Waals surface area contributed by atoms with E-state index in [0.29, 0.717) is 5.02 Å². The Hall–Kier alpha value is -2.56. The number of carbonyl (C=O) groups excluding carboxylic acids is 2. The molecule has 11 heteroatoms. The number of hydrogen-bond acceptors (Lipinski definition) is 4. The van der Waals surface area contributed by atoms with Crippen LogP contribution in [0.3, 0.4) is 0 Å². The first kappa shape index (κ1) is 25.1. The molecule has 0 unspecified atom stereocenters. The van der Waals surface area contributed by atoms with Crippen LogP contribution in [0.1, 0.15) is 31.4 Å². The van der Waals surface area contributed by atoms with Crippen molar-refractivity contribution in [2.75, 3.05) is 26.2 Å². The molecule has 1 atom stereocenters. The van der Waals surface area contributed by atoms with Gasteiger partial charge < -0.3 is 10.2 Å². The van der Waals surface area contributed by atoms with Crippen LogP contribution in [0, 0.1) is 11.6 Å². The summed E-state index contributed by atoms with van der Waals surface area (Å²) in [6.45, 7) is 2.28. The number of rotatable bonds is 7. The van der Waals surface area contributed by atoms with Crippen molar-refractivity contribution >= 4 is 33.4 Å². The van der Waals surface area contributed by atoms with Crippen molar-refractivity contribution in [1.29, 1.82) is 0 Å². The van der Waals surface area contributed by atoms with E-state index < -0.39 is 33.6 Å². The number of amides is 2. The Morgan fingerprint density at radius 1 is 1.03 bits per heavy atom. The van der Waals surface area contributed by atoms with Gasteiger partial charge >= 0.3 is 0 Å². The summed E-state index contributed by atoms with van der Waals surface area (Å²) in [5.74, 6) is -2.18. The summed E-state index contributed by atoms with van der Waals surface area (Å²) >= 11 is 5.81. The van der Waals surface area contributed by atoms with E-state index in [1.165, 1.54) is 39.5 Å². The summed E-state index contributed by atoms with van der Waals surface area (Å²) in [5, 5.41) is 3.03. The molecule has 0 aromatic heterocycles. The average molecular weight is 500 g/mol. The van der Waals surface area contributed by atoms with Gasteiger partial charge in [-0.1, -0.05) is 17.7 Å². The average Bonchev–Trinajstić information content (AvgIpc) is 2.77. The molecule has 2 amide bonds. The second-order valence-corrected chi connectivity index (χ2v) is 10.1. The smallest absolute Gasteiger partial charge is 0.243 e. The van der Waals surface area contributed by atoms with Gasteiger partial charge in [0.15, 0.2) is 0 Å². The quantitative estimate of drug-likeness (QED) is 0.634. The maximum atomic E-state index is 13.8. The van der Waals surface area contributed by atoms with Crippen LogP contribution in [-0.4, -0.2) is 55.6 Å². The molecule has 0 radical (unpaired) electrons. The van der Waals surface area contributed by atoms with Gasteiger partial charge in [0.2, 0.25) is 21.8 Å². The van der Waals surface area contributed by atoms with Crippen LogP contribution < -0.4 is 5.32 Å². The van der Waals surface area contributed by atoms with Crippen LogP contribution in [0.4, 0.5) is 8.78 Å². The van der Waals surface area contributed by atoms with Crippen LogP contribution >= 0.6 is 11.6 Å². The lowest BCUT2D eigenvalue weighted by atomic mass is 10.1. The van der Waals surface area contributed by atoms with E-state index in [1.54, 1.807) is 6.92 Å². The number of nitrogens with one attached hydrogen (secondary N) is 1. The second kappa shape index (κ2) is 10.6. The van der Waals surface area contributed by atoms with Gasteiger partial charge in [-0.3, -0.25) is 9.59 Å². The lowest BCUT2D eigenvalue weighted by Crippen LogP contribution is -2.50. The van der Waals surface area contributed by atoms with Gasteiger partial charge in [0.05, 0.1) is 10.9 Å². The van der Waals surface area contributed by atoms with Crippen molar-refractivity contribution in [3.63, 3.8) is 0 Å². The molecule has 2 aromatic carbocycles. The van der Waals surface area contributed by atoms with E-state index in [1.807, 2.05) is 0 Å². The third kappa shape index (κ3) is 6.27. The predicted molar refractivity (Wildman–Crippen MR) is 119 cm³/mol. The highest BCUT2D eigenvalue weighted by Crippen LogP contribution is 2.21. The van der Waals surface area contributed by atoms with Crippen molar-refractivity contribution in [2.24, 2.45) is 0 Å². The summed E-state index contributed by atoms with van der Waals surface area (Å²) < 4.78 is 53.7. The Kier molecular flexibility index (Phi) is 8.04. The number of carbonyl (C=O) groups is 2. The SMILES string of the molecule is C[C@H](NC(=O)CCC(=O)N1CCN(S(=O)(=O)c2ccc(Cl)cc2)CC1)c1ccc(F)cc1F. The Morgan fingerprint density at radius 2 is 1.67 bits per heavy atom. The second-order valence-electron chi connectivity index (χ2n) is 7.69. The molecule has 2 aromatic rings. The molecule has 0 bridgehead atoms. The van der Waals surface area contributed by atoms with Gasteiger partial charge in [0.1, 0.15) is 11.6 Å². The Balaban J connectivity index is 1.47. The predicted octanol–water partition coefficient (Wildman–Crippen LogP) is 3.11. The Labute approximate surface area is 196 Å². The highest BCUT2D eigenvalue weighted by molar-refractivity contribution is 7.89. The topological polar surface area (TPSA) is 86.8 Å². The molecule has 0 saturated carbocycles. The zero-order valence-corrected chi connectivity index (χ0v) is 19.5. The summed E-state index contributed by atoms with van der Waals surface area (Å²) in [7, 11) is -3.68. The molecule has 1 saturated heterocycles. The van der Waals surface area contributed by atoms with Crippen LogP contribution in [0.15, 0.2) is 47.4 Å². The molecule has 1 aliphatic heterocycles. The molecular weight excluding hydrogens is 476 g/mol. The number of halogens is 3. The molecule has 0 spiro atoms. The molecule has 33 heavy (non-hydrogen) atoms. The van der Waals surface area contributed by atoms with E-state index in [0.717, 1.165) is 12.1 Å². The summed E-state index contributed by atoms with van der Waals surface area (Å²) in [6.07, 6.45) is -0.163. The highest BCUT2D eigenvalue weighted by atomic mass is 35.5. The fourth-order valence-corrected chi connectivity index (χ4v) is 5.10. The van der Waals surface area contributed by atoms with E-state index in [9.17, 15) is 26.8 Å². The molecule has 178 valence electrons. The number of sulfonamides is 1. The molecule has 1 aliphatic rings. The Bertz CT molecular complexity index is 1120. The number of nitrogens with zero attached hydrogens (tertiary/aromatic N) is 2. The highest BCUT2D eigenvalue weighted by Gasteiger charge is 2.30. The summed E-state index contributed by atoms with van der Waals surface area (Å²) in [6, 6.07) is 8.31. The molecular formula is C22H24ClF2N3O4S. The lowest BCUT2D eigenvalue weighted by molar-refractivity contribution is -0.134. The molecule has 1 fully saturated rings. The normalized spacial score (nSPS) is 15.8. The van der Waals surface area contributed by atoms with Crippen LogP contribution in [0.25, 0.3) is 0 Å². The van der Waals surface area contributed by atoms with Gasteiger partial charge in [-0.2, -0.15) is 4.31 Å². The van der Waals surface area contributed by atoms with E-state index in [-0.39, 0.29) is 55.4 Å². The maximum Gasteiger partial charge on any atom is 0.243 e. The fraction of sp³-hybridized carbons (Fsp3) is 0.364. The molecule has 3 rings (SSSR count). The zero-order valence-electron chi connectivity index (χ0n) is 17.9. The first-order valence-corrected chi connectivity index (χ1v) is 12.2. The van der Waals surface area contributed by atoms with Crippen molar-refractivity contribution < 1.29 is 26.8 Å². The first-order valence-electron chi connectivity index (χ1n) is 10.4. The maximum absolute atomic E-state index is 13.8. The van der Waals surface area contributed by atoms with E-state index in [2.05, 4.69) is 5.32 Å². The van der Waals surface area contributed by atoms with Gasteiger partial charge in [-0.15, -0.1) is 0 Å². The van der Waals surface area contributed by atoms with Crippen LogP contribution in [-0.2, 0) is 19.6 Å². The van der Waals surface area contributed by atoms with Crippen molar-refractivity contribution in [1.82, 2.24) is 14.5 Å². The third-order valence-corrected chi connectivity index (χ3v) is 7.58. The van der Waals surface area contributed by atoms with Crippen LogP contribution in [0.5, 0.6) is 0 Å². The number of benzene rings is 2. The van der Waals surface area contributed by atoms with Gasteiger partial charge in [0, 0.05) is 55.7 Å². The minimum atomic E-state index is -3.68. The zero-order chi connectivity index (χ0) is 24.2. The largest absolute Gasteiger partial charge is 0.349 e. The van der Waals surface area contributed by atoms with Crippen molar-refractivity contribution in [3.05, 3.63) is 64.7 Å². The summed E-state index contributed by atoms with van der Waals surface area (Å²) in [4.78, 5) is 26.3. The fourth-order valence-electron chi connectivity index (χ4n) is 3.56. The minimum absolute atomic E-state index is 0.0611. The van der Waals surface area contributed by atoms with Gasteiger partial charge in [-0.05, 0) is 37.3 Å². The van der Waals surface area contributed by atoms with Gasteiger partial charge in [-0.25, -0.2) is 17.2 Å². The number of hydrogen-bond donors (Lipinski definition) is 1. The van der Waals surface area contributed by atoms with Gasteiger partial charge in [0.25, 0.3) is 0 Å². The number of piperazine rings is 1. The van der Waals surface area contributed by atoms with Crippen molar-refractivity contribution in [3.8, 4) is 0 Å². The molecule has 7 nitrogen and oxygen atoms in total. The third-order valence-electron chi connectivity index (χ3n) is 5.42. The van der Waals surface area contributed by atoms with Crippen LogP contribution in [0.2, 0.25) is 5.02 Å².